The molecule has 0 saturated carbocycles. The molecule has 4 nitrogen and oxygen atoms in total. The highest BCUT2D eigenvalue weighted by Crippen LogP contribution is 2.15. The maximum absolute atomic E-state index is 5.88. The van der Waals surface area contributed by atoms with E-state index in [2.05, 4.69) is 46.4 Å². The van der Waals surface area contributed by atoms with Gasteiger partial charge in [0.05, 0.1) is 6.54 Å². The molecule has 3 rings (SSSR count). The van der Waals surface area contributed by atoms with Crippen molar-refractivity contribution in [2.45, 2.75) is 20.1 Å². The van der Waals surface area contributed by atoms with E-state index in [0.717, 1.165) is 37.9 Å². The van der Waals surface area contributed by atoms with Crippen molar-refractivity contribution in [3.05, 3.63) is 65.7 Å². The lowest BCUT2D eigenvalue weighted by Crippen LogP contribution is -2.37. The summed E-state index contributed by atoms with van der Waals surface area (Å²) >= 11 is 0. The summed E-state index contributed by atoms with van der Waals surface area (Å²) < 4.78 is 5.88. The molecule has 0 atom stereocenters. The molecule has 2 aromatic rings. The Hall–Kier alpha value is -2.01. The van der Waals surface area contributed by atoms with Crippen LogP contribution in [0.3, 0.4) is 0 Å². The Morgan fingerprint density at radius 1 is 1.04 bits per heavy atom. The van der Waals surface area contributed by atoms with Crippen LogP contribution in [0.15, 0.2) is 59.6 Å². The molecule has 0 amide bonds. The van der Waals surface area contributed by atoms with Gasteiger partial charge in [0.25, 0.3) is 0 Å². The molecule has 0 radical (unpaired) electrons. The molecule has 0 fully saturated rings. The number of para-hydroxylation sites is 1. The first-order chi connectivity index (χ1) is 11.4. The molecule has 0 bridgehead atoms. The molecule has 0 unspecified atom stereocenters. The van der Waals surface area contributed by atoms with Crippen molar-refractivity contribution in [1.82, 2.24) is 10.2 Å². The van der Waals surface area contributed by atoms with Gasteiger partial charge in [0.2, 0.25) is 0 Å². The lowest BCUT2D eigenvalue weighted by Gasteiger charge is -2.19. The minimum atomic E-state index is 0. The number of hydrogen-bond acceptors (Lipinski definition) is 4. The van der Waals surface area contributed by atoms with Gasteiger partial charge in [0.1, 0.15) is 12.4 Å². The molecule has 1 N–H and O–H groups in total. The topological polar surface area (TPSA) is 36.9 Å². The van der Waals surface area contributed by atoms with E-state index in [1.807, 2.05) is 30.3 Å². The van der Waals surface area contributed by atoms with Gasteiger partial charge in [-0.05, 0) is 30.2 Å². The second-order valence-corrected chi connectivity index (χ2v) is 5.51. The van der Waals surface area contributed by atoms with Crippen molar-refractivity contribution < 1.29 is 4.74 Å². The van der Waals surface area contributed by atoms with Gasteiger partial charge in [0, 0.05) is 19.6 Å². The van der Waals surface area contributed by atoms with Gasteiger partial charge in [-0.3, -0.25) is 4.99 Å². The molecular formula is C19H24BrN3O. The average molecular weight is 390 g/mol. The van der Waals surface area contributed by atoms with Crippen LogP contribution in [0.2, 0.25) is 0 Å². The maximum atomic E-state index is 5.88. The van der Waals surface area contributed by atoms with Crippen LogP contribution >= 0.6 is 17.0 Å². The first-order valence-corrected chi connectivity index (χ1v) is 8.14. The fourth-order valence-corrected chi connectivity index (χ4v) is 2.68. The summed E-state index contributed by atoms with van der Waals surface area (Å²) in [6.07, 6.45) is 0. The Morgan fingerprint density at radius 2 is 1.75 bits per heavy atom. The Balaban J connectivity index is 0.00000208. The summed E-state index contributed by atoms with van der Waals surface area (Å²) in [4.78, 5) is 6.79. The highest BCUT2D eigenvalue weighted by atomic mass is 79.9. The lowest BCUT2D eigenvalue weighted by molar-refractivity contribution is 0.305. The van der Waals surface area contributed by atoms with E-state index < -0.39 is 0 Å². The summed E-state index contributed by atoms with van der Waals surface area (Å²) in [6.45, 7) is 6.39. The Bertz CT molecular complexity index is 661. The van der Waals surface area contributed by atoms with Gasteiger partial charge in [-0.2, -0.15) is 0 Å². The van der Waals surface area contributed by atoms with E-state index in [-0.39, 0.29) is 17.0 Å². The van der Waals surface area contributed by atoms with Crippen LogP contribution in [0, 0.1) is 0 Å². The SMILES string of the molecule is Br.CCN1CCN=C1NCc1ccccc1COc1ccccc1. The predicted molar refractivity (Wildman–Crippen MR) is 104 cm³/mol. The molecule has 1 aliphatic rings. The van der Waals surface area contributed by atoms with Gasteiger partial charge in [-0.25, -0.2) is 0 Å². The Labute approximate surface area is 154 Å². The van der Waals surface area contributed by atoms with Crippen molar-refractivity contribution in [3.63, 3.8) is 0 Å². The third kappa shape index (κ3) is 4.74. The van der Waals surface area contributed by atoms with E-state index >= 15 is 0 Å². The molecule has 0 aliphatic carbocycles. The van der Waals surface area contributed by atoms with Crippen molar-refractivity contribution in [3.8, 4) is 5.75 Å². The average Bonchev–Trinajstić information content (AvgIpc) is 3.07. The second-order valence-electron chi connectivity index (χ2n) is 5.51. The van der Waals surface area contributed by atoms with E-state index in [1.165, 1.54) is 11.1 Å². The normalized spacial score (nSPS) is 13.2. The molecule has 24 heavy (non-hydrogen) atoms. The monoisotopic (exact) mass is 389 g/mol. The number of hydrogen-bond donors (Lipinski definition) is 1. The molecule has 2 aromatic carbocycles. The maximum Gasteiger partial charge on any atom is 0.194 e. The van der Waals surface area contributed by atoms with Gasteiger partial charge >= 0.3 is 0 Å². The number of aliphatic imine (C=N–C) groups is 1. The van der Waals surface area contributed by atoms with Gasteiger partial charge in [0.15, 0.2) is 5.96 Å². The van der Waals surface area contributed by atoms with Crippen molar-refractivity contribution in [1.29, 1.82) is 0 Å². The fraction of sp³-hybridized carbons (Fsp3) is 0.316. The third-order valence-corrected chi connectivity index (χ3v) is 4.01. The zero-order chi connectivity index (χ0) is 15.9. The molecule has 0 aromatic heterocycles. The predicted octanol–water partition coefficient (Wildman–Crippen LogP) is 3.62. The number of rotatable bonds is 6. The summed E-state index contributed by atoms with van der Waals surface area (Å²) in [5.41, 5.74) is 2.44. The van der Waals surface area contributed by atoms with E-state index in [1.54, 1.807) is 0 Å². The molecule has 1 heterocycles. The van der Waals surface area contributed by atoms with Crippen LogP contribution < -0.4 is 10.1 Å². The van der Waals surface area contributed by atoms with E-state index in [0.29, 0.717) is 6.61 Å². The highest BCUT2D eigenvalue weighted by molar-refractivity contribution is 8.93. The number of nitrogens with one attached hydrogen (secondary N) is 1. The fourth-order valence-electron chi connectivity index (χ4n) is 2.68. The largest absolute Gasteiger partial charge is 0.489 e. The minimum Gasteiger partial charge on any atom is -0.489 e. The van der Waals surface area contributed by atoms with E-state index in [9.17, 15) is 0 Å². The first-order valence-electron chi connectivity index (χ1n) is 8.14. The van der Waals surface area contributed by atoms with Crippen LogP contribution in [0.1, 0.15) is 18.1 Å². The van der Waals surface area contributed by atoms with Crippen molar-refractivity contribution in [2.24, 2.45) is 4.99 Å². The van der Waals surface area contributed by atoms with Gasteiger partial charge < -0.3 is 15.0 Å². The zero-order valence-corrected chi connectivity index (χ0v) is 15.7. The first kappa shape index (κ1) is 18.3. The van der Waals surface area contributed by atoms with Crippen LogP contribution in [0.4, 0.5) is 0 Å². The smallest absolute Gasteiger partial charge is 0.194 e. The zero-order valence-electron chi connectivity index (χ0n) is 13.9. The third-order valence-electron chi connectivity index (χ3n) is 4.01. The van der Waals surface area contributed by atoms with Crippen LogP contribution in [-0.2, 0) is 13.2 Å². The highest BCUT2D eigenvalue weighted by Gasteiger charge is 2.14. The van der Waals surface area contributed by atoms with E-state index in [4.69, 9.17) is 4.74 Å². The van der Waals surface area contributed by atoms with Crippen molar-refractivity contribution in [2.75, 3.05) is 19.6 Å². The van der Waals surface area contributed by atoms with Crippen LogP contribution in [0.5, 0.6) is 5.75 Å². The van der Waals surface area contributed by atoms with Gasteiger partial charge in [-0.1, -0.05) is 42.5 Å². The van der Waals surface area contributed by atoms with Crippen molar-refractivity contribution >= 4 is 22.9 Å². The number of guanidine groups is 1. The standard InChI is InChI=1S/C19H23N3O.BrH/c1-2-22-13-12-20-19(22)21-14-16-8-6-7-9-17(16)15-23-18-10-4-3-5-11-18;/h3-11H,2,12-15H2,1H3,(H,20,21);1H. The number of ether oxygens (including phenoxy) is 1. The van der Waals surface area contributed by atoms with Gasteiger partial charge in [-0.15, -0.1) is 17.0 Å². The summed E-state index contributed by atoms with van der Waals surface area (Å²) in [5, 5.41) is 3.46. The molecule has 1 aliphatic heterocycles. The Morgan fingerprint density at radius 3 is 2.50 bits per heavy atom. The molecule has 128 valence electrons. The summed E-state index contributed by atoms with van der Waals surface area (Å²) in [7, 11) is 0. The lowest BCUT2D eigenvalue weighted by atomic mass is 10.1. The molecule has 5 heteroatoms. The second kappa shape index (κ2) is 9.33. The van der Waals surface area contributed by atoms with Crippen LogP contribution in [0.25, 0.3) is 0 Å². The summed E-state index contributed by atoms with van der Waals surface area (Å²) in [5.74, 6) is 1.90. The number of likely N-dealkylation sites (N-methyl/N-ethyl adjacent to an activating group) is 1. The molecule has 0 spiro atoms. The number of nitrogens with zero attached hydrogens (tertiary/aromatic N) is 2. The quantitative estimate of drug-likeness (QED) is 0.819. The number of halogens is 1. The molecular weight excluding hydrogens is 366 g/mol. The molecule has 0 saturated heterocycles. The van der Waals surface area contributed by atoms with Crippen LogP contribution in [-0.4, -0.2) is 30.5 Å². The minimum absolute atomic E-state index is 0. The Kier molecular flexibility index (Phi) is 7.12. The number of benzene rings is 2. The summed E-state index contributed by atoms with van der Waals surface area (Å²) in [6, 6.07) is 18.3.